The van der Waals surface area contributed by atoms with Crippen LogP contribution in [0.15, 0.2) is 40.0 Å². The standard InChI is InChI=1S/C13H14O3S/c1-15-11-7-10(9-14)13(8-12(11)16-2)17-5-3-4-6-17/h3-9,17H,1-2H3. The van der Waals surface area contributed by atoms with E-state index in [2.05, 4.69) is 10.8 Å². The van der Waals surface area contributed by atoms with Gasteiger partial charge in [0.1, 0.15) is 0 Å². The summed E-state index contributed by atoms with van der Waals surface area (Å²) in [6, 6.07) is 3.61. The molecule has 4 heteroatoms. The molecule has 0 radical (unpaired) electrons. The number of benzene rings is 1. The molecule has 1 heterocycles. The van der Waals surface area contributed by atoms with Crippen molar-refractivity contribution >= 4 is 17.2 Å². The van der Waals surface area contributed by atoms with E-state index in [0.29, 0.717) is 17.1 Å². The van der Waals surface area contributed by atoms with Gasteiger partial charge in [-0.1, -0.05) is 12.2 Å². The van der Waals surface area contributed by atoms with Crippen molar-refractivity contribution in [2.45, 2.75) is 4.90 Å². The number of thiol groups is 1. The Morgan fingerprint density at radius 1 is 1.06 bits per heavy atom. The van der Waals surface area contributed by atoms with Crippen molar-refractivity contribution in [1.29, 1.82) is 0 Å². The molecule has 1 aromatic carbocycles. The van der Waals surface area contributed by atoms with Crippen molar-refractivity contribution in [3.8, 4) is 11.5 Å². The van der Waals surface area contributed by atoms with Gasteiger partial charge in [0.2, 0.25) is 0 Å². The lowest BCUT2D eigenvalue weighted by atomic mass is 10.2. The molecule has 1 aromatic rings. The zero-order valence-electron chi connectivity index (χ0n) is 9.71. The molecule has 0 N–H and O–H groups in total. The molecule has 0 fully saturated rings. The minimum absolute atomic E-state index is 0.534. The van der Waals surface area contributed by atoms with Crippen molar-refractivity contribution in [2.24, 2.45) is 0 Å². The number of hydrogen-bond donors (Lipinski definition) is 1. The largest absolute Gasteiger partial charge is 0.493 e. The minimum Gasteiger partial charge on any atom is -0.493 e. The molecule has 2 rings (SSSR count). The Balaban J connectivity index is 2.53. The summed E-state index contributed by atoms with van der Waals surface area (Å²) in [5.74, 6) is 1.24. The van der Waals surface area contributed by atoms with Crippen LogP contribution in [0.4, 0.5) is 0 Å². The van der Waals surface area contributed by atoms with E-state index >= 15 is 0 Å². The smallest absolute Gasteiger partial charge is 0.161 e. The predicted molar refractivity (Wildman–Crippen MR) is 70.5 cm³/mol. The monoisotopic (exact) mass is 250 g/mol. The van der Waals surface area contributed by atoms with Crippen LogP contribution in [0.1, 0.15) is 10.4 Å². The highest BCUT2D eigenvalue weighted by Crippen LogP contribution is 2.46. The summed E-state index contributed by atoms with van der Waals surface area (Å²) < 4.78 is 10.4. The lowest BCUT2D eigenvalue weighted by Crippen LogP contribution is -1.95. The summed E-state index contributed by atoms with van der Waals surface area (Å²) in [6.07, 6.45) is 4.85. The maximum absolute atomic E-state index is 11.1. The second kappa shape index (κ2) is 5.10. The van der Waals surface area contributed by atoms with Crippen LogP contribution >= 0.6 is 10.9 Å². The van der Waals surface area contributed by atoms with Crippen LogP contribution in [0.2, 0.25) is 0 Å². The summed E-state index contributed by atoms with van der Waals surface area (Å²) >= 11 is 0. The Kier molecular flexibility index (Phi) is 3.54. The fourth-order valence-corrected chi connectivity index (χ4v) is 3.37. The van der Waals surface area contributed by atoms with E-state index in [0.717, 1.165) is 11.2 Å². The van der Waals surface area contributed by atoms with Gasteiger partial charge in [-0.05, 0) is 22.9 Å². The minimum atomic E-state index is -0.534. The second-order valence-corrected chi connectivity index (χ2v) is 5.37. The van der Waals surface area contributed by atoms with E-state index in [4.69, 9.17) is 9.47 Å². The summed E-state index contributed by atoms with van der Waals surface area (Å²) in [4.78, 5) is 12.1. The third kappa shape index (κ3) is 2.22. The number of carbonyl (C=O) groups is 1. The predicted octanol–water partition coefficient (Wildman–Crippen LogP) is 2.92. The van der Waals surface area contributed by atoms with E-state index in [9.17, 15) is 4.79 Å². The van der Waals surface area contributed by atoms with Crippen LogP contribution in [0, 0.1) is 0 Å². The summed E-state index contributed by atoms with van der Waals surface area (Å²) in [5.41, 5.74) is 0.657. The van der Waals surface area contributed by atoms with Crippen LogP contribution < -0.4 is 9.47 Å². The number of aldehydes is 1. The molecule has 0 saturated heterocycles. The molecule has 0 spiro atoms. The Morgan fingerprint density at radius 3 is 2.18 bits per heavy atom. The number of methoxy groups -OCH3 is 2. The zero-order chi connectivity index (χ0) is 12.3. The molecule has 3 nitrogen and oxygen atoms in total. The van der Waals surface area contributed by atoms with E-state index in [1.165, 1.54) is 0 Å². The van der Waals surface area contributed by atoms with Gasteiger partial charge in [-0.3, -0.25) is 4.79 Å². The molecule has 17 heavy (non-hydrogen) atoms. The third-order valence-corrected chi connectivity index (χ3v) is 4.47. The van der Waals surface area contributed by atoms with Gasteiger partial charge < -0.3 is 9.47 Å². The van der Waals surface area contributed by atoms with Gasteiger partial charge in [0.25, 0.3) is 0 Å². The number of allylic oxidation sites excluding steroid dienone is 2. The van der Waals surface area contributed by atoms with Crippen LogP contribution in [0.25, 0.3) is 0 Å². The molecule has 0 aromatic heterocycles. The zero-order valence-corrected chi connectivity index (χ0v) is 10.6. The number of carbonyl (C=O) groups excluding carboxylic acids is 1. The van der Waals surface area contributed by atoms with Crippen LogP contribution in [0.3, 0.4) is 0 Å². The fraction of sp³-hybridized carbons (Fsp3) is 0.154. The molecule has 0 atom stereocenters. The average Bonchev–Trinajstić information content (AvgIpc) is 2.90. The topological polar surface area (TPSA) is 35.5 Å². The van der Waals surface area contributed by atoms with Crippen molar-refractivity contribution in [3.63, 3.8) is 0 Å². The fourth-order valence-electron chi connectivity index (χ4n) is 1.70. The number of hydrogen-bond acceptors (Lipinski definition) is 3. The highest BCUT2D eigenvalue weighted by Gasteiger charge is 2.14. The van der Waals surface area contributed by atoms with Crippen molar-refractivity contribution in [2.75, 3.05) is 14.2 Å². The van der Waals surface area contributed by atoms with Gasteiger partial charge in [-0.15, -0.1) is 0 Å². The first-order valence-electron chi connectivity index (χ1n) is 5.14. The van der Waals surface area contributed by atoms with Gasteiger partial charge >= 0.3 is 0 Å². The first-order valence-corrected chi connectivity index (χ1v) is 6.62. The Morgan fingerprint density at radius 2 is 1.65 bits per heavy atom. The quantitative estimate of drug-likeness (QED) is 0.659. The third-order valence-electron chi connectivity index (χ3n) is 2.54. The summed E-state index contributed by atoms with van der Waals surface area (Å²) in [6.45, 7) is 0. The van der Waals surface area contributed by atoms with Gasteiger partial charge in [0.05, 0.1) is 14.2 Å². The highest BCUT2D eigenvalue weighted by molar-refractivity contribution is 8.22. The van der Waals surface area contributed by atoms with Crippen LogP contribution in [-0.2, 0) is 0 Å². The van der Waals surface area contributed by atoms with Gasteiger partial charge in [0.15, 0.2) is 17.8 Å². The van der Waals surface area contributed by atoms with E-state index in [-0.39, 0.29) is 0 Å². The Labute approximate surface area is 103 Å². The second-order valence-electron chi connectivity index (χ2n) is 3.47. The summed E-state index contributed by atoms with van der Waals surface area (Å²) in [7, 11) is 2.62. The van der Waals surface area contributed by atoms with E-state index in [1.54, 1.807) is 20.3 Å². The molecule has 0 unspecified atom stereocenters. The molecule has 0 amide bonds. The van der Waals surface area contributed by atoms with Crippen LogP contribution in [0.5, 0.6) is 11.5 Å². The van der Waals surface area contributed by atoms with Gasteiger partial charge in [-0.2, -0.15) is 10.9 Å². The van der Waals surface area contributed by atoms with Crippen LogP contribution in [-0.4, -0.2) is 20.5 Å². The number of rotatable bonds is 4. The maximum Gasteiger partial charge on any atom is 0.161 e. The average molecular weight is 250 g/mol. The Bertz CT molecular complexity index is 480. The molecular weight excluding hydrogens is 236 g/mol. The SMILES string of the molecule is COc1cc(C=O)c([SH]2C=CC=C2)cc1OC. The van der Waals surface area contributed by atoms with E-state index < -0.39 is 10.9 Å². The first-order chi connectivity index (χ1) is 8.30. The molecule has 90 valence electrons. The summed E-state index contributed by atoms with van der Waals surface area (Å²) in [5, 5.41) is 4.20. The lowest BCUT2D eigenvalue weighted by Gasteiger charge is -2.16. The maximum atomic E-state index is 11.1. The molecular formula is C13H14O3S. The molecule has 1 aliphatic heterocycles. The van der Waals surface area contributed by atoms with Gasteiger partial charge in [0, 0.05) is 10.5 Å². The van der Waals surface area contributed by atoms with Crippen molar-refractivity contribution in [3.05, 3.63) is 40.7 Å². The first kappa shape index (κ1) is 11.8. The van der Waals surface area contributed by atoms with Gasteiger partial charge in [-0.25, -0.2) is 0 Å². The van der Waals surface area contributed by atoms with E-state index in [1.807, 2.05) is 18.2 Å². The van der Waals surface area contributed by atoms with Crippen molar-refractivity contribution in [1.82, 2.24) is 0 Å². The molecule has 1 aliphatic rings. The molecule has 0 aliphatic carbocycles. The number of ether oxygens (including phenoxy) is 2. The molecule has 0 saturated carbocycles. The lowest BCUT2D eigenvalue weighted by molar-refractivity contribution is 0.112. The molecule has 0 bridgehead atoms. The van der Waals surface area contributed by atoms with Crippen molar-refractivity contribution < 1.29 is 14.3 Å². The highest BCUT2D eigenvalue weighted by atomic mass is 32.2. The normalized spacial score (nSPS) is 15.1. The Hall–Kier alpha value is -1.68.